The maximum Gasteiger partial charge on any atom is 0.323 e. The number of fused-ring (bicyclic) bond motifs is 1. The van der Waals surface area contributed by atoms with E-state index in [9.17, 15) is 22.7 Å². The van der Waals surface area contributed by atoms with E-state index in [1.807, 2.05) is 6.92 Å². The van der Waals surface area contributed by atoms with Crippen molar-refractivity contribution in [1.29, 1.82) is 0 Å². The van der Waals surface area contributed by atoms with E-state index >= 15 is 0 Å². The fourth-order valence-electron chi connectivity index (χ4n) is 3.88. The summed E-state index contributed by atoms with van der Waals surface area (Å²) >= 11 is 0. The van der Waals surface area contributed by atoms with Crippen LogP contribution < -0.4 is 0 Å². The highest BCUT2D eigenvalue weighted by Crippen LogP contribution is 2.31. The Morgan fingerprint density at radius 3 is 2.57 bits per heavy atom. The third-order valence-electron chi connectivity index (χ3n) is 5.40. The average molecular weight is 432 g/mol. The molecule has 2 aromatic carbocycles. The number of halogens is 1. The zero-order chi connectivity index (χ0) is 21.9. The number of nitrogens with zero attached hydrogens (tertiary/aromatic N) is 1. The molecule has 0 aliphatic rings. The maximum atomic E-state index is 14.0. The predicted octanol–water partition coefficient (Wildman–Crippen LogP) is 4.73. The minimum absolute atomic E-state index is 0.0895. The van der Waals surface area contributed by atoms with Crippen molar-refractivity contribution in [2.75, 3.05) is 5.75 Å². The third-order valence-corrected chi connectivity index (χ3v) is 7.30. The lowest BCUT2D eigenvalue weighted by molar-refractivity contribution is -0.137. The molecule has 0 saturated heterocycles. The third kappa shape index (κ3) is 4.56. The molecule has 5 nitrogen and oxygen atoms in total. The predicted molar refractivity (Wildman–Crippen MR) is 115 cm³/mol. The van der Waals surface area contributed by atoms with Crippen LogP contribution in [-0.4, -0.2) is 29.8 Å². The first kappa shape index (κ1) is 22.0. The van der Waals surface area contributed by atoms with Gasteiger partial charge in [-0.25, -0.2) is 12.8 Å². The van der Waals surface area contributed by atoms with Gasteiger partial charge in [0, 0.05) is 23.0 Å². The molecule has 0 aliphatic heterocycles. The largest absolute Gasteiger partial charge is 0.480 e. The minimum atomic E-state index is -3.44. The standard InChI is InChI=1S/C23H26FNO4S/c1-3-4-7-12-30(28,29)22-9-6-5-8-17(22)13-19-16(2)25(15-23(26)27)21-11-10-18(24)14-20(19)21/h5-6,8-11,14H,3-4,7,12-13,15H2,1-2H3,(H,26,27). The van der Waals surface area contributed by atoms with Gasteiger partial charge in [0.05, 0.1) is 10.6 Å². The van der Waals surface area contributed by atoms with E-state index in [-0.39, 0.29) is 23.6 Å². The molecule has 0 bridgehead atoms. The van der Waals surface area contributed by atoms with Crippen LogP contribution in [0.25, 0.3) is 10.9 Å². The number of rotatable bonds is 9. The smallest absolute Gasteiger partial charge is 0.323 e. The molecular formula is C23H26FNO4S. The zero-order valence-corrected chi connectivity index (χ0v) is 18.0. The Morgan fingerprint density at radius 2 is 1.87 bits per heavy atom. The maximum absolute atomic E-state index is 14.0. The molecule has 3 aromatic rings. The van der Waals surface area contributed by atoms with Crippen LogP contribution in [0.15, 0.2) is 47.4 Å². The molecule has 1 heterocycles. The minimum Gasteiger partial charge on any atom is -0.480 e. The van der Waals surface area contributed by atoms with Gasteiger partial charge in [-0.15, -0.1) is 0 Å². The number of hydrogen-bond acceptors (Lipinski definition) is 3. The van der Waals surface area contributed by atoms with Crippen LogP contribution >= 0.6 is 0 Å². The first-order chi connectivity index (χ1) is 14.2. The second-order valence-electron chi connectivity index (χ2n) is 7.52. The monoisotopic (exact) mass is 431 g/mol. The van der Waals surface area contributed by atoms with Crippen LogP contribution in [-0.2, 0) is 27.6 Å². The summed E-state index contributed by atoms with van der Waals surface area (Å²) in [6.45, 7) is 3.56. The highest BCUT2D eigenvalue weighted by Gasteiger charge is 2.21. The van der Waals surface area contributed by atoms with Gasteiger partial charge in [-0.2, -0.15) is 0 Å². The topological polar surface area (TPSA) is 76.4 Å². The van der Waals surface area contributed by atoms with Crippen molar-refractivity contribution in [3.05, 3.63) is 65.1 Å². The quantitative estimate of drug-likeness (QED) is 0.497. The number of hydrogen-bond donors (Lipinski definition) is 1. The number of carbonyl (C=O) groups is 1. The van der Waals surface area contributed by atoms with Crippen LogP contribution in [0.4, 0.5) is 4.39 Å². The van der Waals surface area contributed by atoms with E-state index in [0.29, 0.717) is 28.6 Å². The molecule has 30 heavy (non-hydrogen) atoms. The number of aromatic nitrogens is 1. The summed E-state index contributed by atoms with van der Waals surface area (Å²) in [6, 6.07) is 11.1. The molecule has 0 unspecified atom stereocenters. The summed E-state index contributed by atoms with van der Waals surface area (Å²) in [5.74, 6) is -1.33. The highest BCUT2D eigenvalue weighted by molar-refractivity contribution is 7.91. The SMILES string of the molecule is CCCCCS(=O)(=O)c1ccccc1Cc1c(C)n(CC(=O)O)c2ccc(F)cc12. The van der Waals surface area contributed by atoms with Gasteiger partial charge in [-0.1, -0.05) is 38.0 Å². The molecule has 7 heteroatoms. The number of sulfone groups is 1. The molecule has 160 valence electrons. The van der Waals surface area contributed by atoms with Crippen molar-refractivity contribution < 1.29 is 22.7 Å². The van der Waals surface area contributed by atoms with Gasteiger partial charge in [0.1, 0.15) is 12.4 Å². The van der Waals surface area contributed by atoms with E-state index in [0.717, 1.165) is 18.4 Å². The fraction of sp³-hybridized carbons (Fsp3) is 0.348. The molecule has 0 amide bonds. The van der Waals surface area contributed by atoms with Crippen LogP contribution in [0.5, 0.6) is 0 Å². The van der Waals surface area contributed by atoms with Crippen molar-refractivity contribution in [2.24, 2.45) is 0 Å². The highest BCUT2D eigenvalue weighted by atomic mass is 32.2. The number of carboxylic acid groups (broad SMARTS) is 1. The Morgan fingerprint density at radius 1 is 1.13 bits per heavy atom. The summed E-state index contributed by atoms with van der Waals surface area (Å²) in [5.41, 5.74) is 2.68. The number of benzene rings is 2. The molecule has 0 aliphatic carbocycles. The van der Waals surface area contributed by atoms with Crippen molar-refractivity contribution in [3.8, 4) is 0 Å². The summed E-state index contributed by atoms with van der Waals surface area (Å²) < 4.78 is 41.5. The van der Waals surface area contributed by atoms with E-state index in [1.165, 1.54) is 12.1 Å². The lowest BCUT2D eigenvalue weighted by Crippen LogP contribution is -2.11. The van der Waals surface area contributed by atoms with Crippen molar-refractivity contribution in [3.63, 3.8) is 0 Å². The molecule has 0 atom stereocenters. The molecular weight excluding hydrogens is 405 g/mol. The van der Waals surface area contributed by atoms with E-state index in [2.05, 4.69) is 0 Å². The molecule has 0 saturated carbocycles. The summed E-state index contributed by atoms with van der Waals surface area (Å²) in [7, 11) is -3.44. The number of carboxylic acids is 1. The van der Waals surface area contributed by atoms with Crippen LogP contribution in [0, 0.1) is 12.7 Å². The summed E-state index contributed by atoms with van der Waals surface area (Å²) in [5, 5.41) is 9.89. The first-order valence-corrected chi connectivity index (χ1v) is 11.7. The van der Waals surface area contributed by atoms with Crippen LogP contribution in [0.3, 0.4) is 0 Å². The molecule has 0 fully saturated rings. The summed E-state index contributed by atoms with van der Waals surface area (Å²) in [6.07, 6.45) is 2.67. The Balaban J connectivity index is 2.09. The number of aliphatic carboxylic acids is 1. The van der Waals surface area contributed by atoms with Gasteiger partial charge in [-0.05, 0) is 48.7 Å². The second kappa shape index (κ2) is 9.00. The Labute approximate surface area is 176 Å². The molecule has 0 radical (unpaired) electrons. The average Bonchev–Trinajstić information content (AvgIpc) is 2.93. The van der Waals surface area contributed by atoms with Crippen LogP contribution in [0.2, 0.25) is 0 Å². The van der Waals surface area contributed by atoms with Gasteiger partial charge in [0.25, 0.3) is 0 Å². The molecule has 3 rings (SSSR count). The lowest BCUT2D eigenvalue weighted by Gasteiger charge is -2.11. The van der Waals surface area contributed by atoms with E-state index < -0.39 is 21.6 Å². The summed E-state index contributed by atoms with van der Waals surface area (Å²) in [4.78, 5) is 11.6. The normalized spacial score (nSPS) is 11.8. The van der Waals surface area contributed by atoms with Gasteiger partial charge in [0.15, 0.2) is 9.84 Å². The second-order valence-corrected chi connectivity index (χ2v) is 9.59. The first-order valence-electron chi connectivity index (χ1n) is 10.0. The Hall–Kier alpha value is -2.67. The van der Waals surface area contributed by atoms with Gasteiger partial charge in [0.2, 0.25) is 0 Å². The fourth-order valence-corrected chi connectivity index (χ4v) is 5.51. The Kier molecular flexibility index (Phi) is 6.61. The lowest BCUT2D eigenvalue weighted by atomic mass is 10.0. The Bertz CT molecular complexity index is 1180. The van der Waals surface area contributed by atoms with Gasteiger partial charge in [-0.3, -0.25) is 4.79 Å². The van der Waals surface area contributed by atoms with Crippen molar-refractivity contribution in [2.45, 2.75) is 51.0 Å². The van der Waals surface area contributed by atoms with Gasteiger partial charge < -0.3 is 9.67 Å². The molecule has 1 N–H and O–H groups in total. The van der Waals surface area contributed by atoms with Gasteiger partial charge >= 0.3 is 5.97 Å². The van der Waals surface area contributed by atoms with Crippen molar-refractivity contribution in [1.82, 2.24) is 4.57 Å². The van der Waals surface area contributed by atoms with Crippen LogP contribution in [0.1, 0.15) is 43.0 Å². The number of unbranched alkanes of at least 4 members (excludes halogenated alkanes) is 2. The zero-order valence-electron chi connectivity index (χ0n) is 17.2. The molecule has 0 spiro atoms. The molecule has 1 aromatic heterocycles. The van der Waals surface area contributed by atoms with E-state index in [1.54, 1.807) is 41.8 Å². The van der Waals surface area contributed by atoms with Crippen molar-refractivity contribution >= 4 is 26.7 Å². The van der Waals surface area contributed by atoms with E-state index in [4.69, 9.17) is 0 Å².